The van der Waals surface area contributed by atoms with Crippen molar-refractivity contribution in [2.24, 2.45) is 5.73 Å². The van der Waals surface area contributed by atoms with Gasteiger partial charge in [-0.15, -0.1) is 6.58 Å². The molecule has 0 bridgehead atoms. The van der Waals surface area contributed by atoms with E-state index < -0.39 is 17.8 Å². The minimum Gasteiger partial charge on any atom is -0.493 e. The van der Waals surface area contributed by atoms with Crippen molar-refractivity contribution in [2.75, 3.05) is 13.2 Å². The van der Waals surface area contributed by atoms with E-state index in [1.165, 1.54) is 6.07 Å². The van der Waals surface area contributed by atoms with Crippen LogP contribution in [-0.4, -0.2) is 19.2 Å². The molecule has 0 unspecified atom stereocenters. The number of carbonyl (C=O) groups is 1. The quantitative estimate of drug-likeness (QED) is 0.351. The fourth-order valence-corrected chi connectivity index (χ4v) is 3.03. The van der Waals surface area contributed by atoms with E-state index in [-0.39, 0.29) is 18.6 Å². The fourth-order valence-electron chi connectivity index (χ4n) is 3.03. The lowest BCUT2D eigenvalue weighted by Gasteiger charge is -2.17. The molecule has 0 aliphatic rings. The maximum atomic E-state index is 14.4. The van der Waals surface area contributed by atoms with Crippen molar-refractivity contribution in [1.29, 1.82) is 0 Å². The zero-order chi connectivity index (χ0) is 20.5. The molecule has 2 N–H and O–H groups in total. The monoisotopic (exact) mass is 385 g/mol. The van der Waals surface area contributed by atoms with Gasteiger partial charge in [-0.05, 0) is 56.0 Å². The van der Waals surface area contributed by atoms with Crippen molar-refractivity contribution < 1.29 is 18.7 Å². The average Bonchev–Trinajstić information content (AvgIpc) is 2.66. The lowest BCUT2D eigenvalue weighted by molar-refractivity contribution is -0.143. The topological polar surface area (TPSA) is 61.5 Å². The van der Waals surface area contributed by atoms with E-state index in [1.807, 2.05) is 31.2 Å². The van der Waals surface area contributed by atoms with Crippen LogP contribution in [0.2, 0.25) is 0 Å². The summed E-state index contributed by atoms with van der Waals surface area (Å²) in [5, 5.41) is 0. The first-order chi connectivity index (χ1) is 13.5. The van der Waals surface area contributed by atoms with Gasteiger partial charge in [-0.1, -0.05) is 24.3 Å². The second-order valence-corrected chi connectivity index (χ2v) is 6.58. The molecular weight excluding hydrogens is 357 g/mol. The molecule has 4 nitrogen and oxygen atoms in total. The highest BCUT2D eigenvalue weighted by atomic mass is 19.1. The van der Waals surface area contributed by atoms with Gasteiger partial charge < -0.3 is 15.2 Å². The van der Waals surface area contributed by atoms with Gasteiger partial charge >= 0.3 is 5.97 Å². The Bertz CT molecular complexity index is 819. The van der Waals surface area contributed by atoms with Gasteiger partial charge in [-0.3, -0.25) is 4.79 Å². The van der Waals surface area contributed by atoms with Gasteiger partial charge in [-0.25, -0.2) is 4.39 Å². The Morgan fingerprint density at radius 3 is 2.82 bits per heavy atom. The van der Waals surface area contributed by atoms with Gasteiger partial charge in [0.05, 0.1) is 19.6 Å². The Balaban J connectivity index is 2.33. The molecule has 28 heavy (non-hydrogen) atoms. The highest BCUT2D eigenvalue weighted by molar-refractivity contribution is 5.75. The first-order valence-corrected chi connectivity index (χ1v) is 9.52. The first-order valence-electron chi connectivity index (χ1n) is 9.52. The maximum absolute atomic E-state index is 14.4. The number of halogens is 1. The molecule has 0 radical (unpaired) electrons. The van der Waals surface area contributed by atoms with Crippen LogP contribution in [-0.2, 0) is 9.53 Å². The van der Waals surface area contributed by atoms with E-state index in [9.17, 15) is 9.18 Å². The zero-order valence-electron chi connectivity index (χ0n) is 16.5. The van der Waals surface area contributed by atoms with E-state index in [1.54, 1.807) is 19.1 Å². The molecule has 1 atom stereocenters. The standard InChI is InChI=1S/C23H28FNO3/c1-4-6-7-13-28-21-10-8-9-16(3)23(21)17-11-12-19(24)18(14-17)20(25)15-22(26)27-5-2/h4,8-12,14,20H,1,5-7,13,15,25H2,2-3H3/t20-/m0/s1. The molecule has 2 rings (SSSR count). The van der Waals surface area contributed by atoms with Crippen molar-refractivity contribution in [3.8, 4) is 16.9 Å². The number of carbonyl (C=O) groups excluding carboxylic acids is 1. The summed E-state index contributed by atoms with van der Waals surface area (Å²) in [6.07, 6.45) is 3.53. The summed E-state index contributed by atoms with van der Waals surface area (Å²) in [6, 6.07) is 9.81. The van der Waals surface area contributed by atoms with Gasteiger partial charge in [0.25, 0.3) is 0 Å². The van der Waals surface area contributed by atoms with Gasteiger partial charge in [0, 0.05) is 17.2 Å². The Morgan fingerprint density at radius 2 is 2.11 bits per heavy atom. The Kier molecular flexibility index (Phi) is 8.20. The molecule has 0 saturated heterocycles. The van der Waals surface area contributed by atoms with Crippen LogP contribution in [0.25, 0.3) is 11.1 Å². The van der Waals surface area contributed by atoms with Crippen LogP contribution in [0.15, 0.2) is 49.1 Å². The van der Waals surface area contributed by atoms with Crippen molar-refractivity contribution in [2.45, 2.75) is 39.2 Å². The highest BCUT2D eigenvalue weighted by Gasteiger charge is 2.19. The molecule has 0 aliphatic carbocycles. The summed E-state index contributed by atoms with van der Waals surface area (Å²) in [7, 11) is 0. The fraction of sp³-hybridized carbons (Fsp3) is 0.348. The number of benzene rings is 2. The van der Waals surface area contributed by atoms with Crippen LogP contribution in [0.5, 0.6) is 5.75 Å². The van der Waals surface area contributed by atoms with E-state index in [0.717, 1.165) is 35.3 Å². The number of allylic oxidation sites excluding steroid dienone is 1. The van der Waals surface area contributed by atoms with Crippen molar-refractivity contribution >= 4 is 5.97 Å². The predicted molar refractivity (Wildman–Crippen MR) is 110 cm³/mol. The summed E-state index contributed by atoms with van der Waals surface area (Å²) in [5.74, 6) is -0.148. The van der Waals surface area contributed by atoms with E-state index >= 15 is 0 Å². The Morgan fingerprint density at radius 1 is 1.32 bits per heavy atom. The summed E-state index contributed by atoms with van der Waals surface area (Å²) >= 11 is 0. The van der Waals surface area contributed by atoms with E-state index in [0.29, 0.717) is 6.61 Å². The van der Waals surface area contributed by atoms with Gasteiger partial charge in [0.1, 0.15) is 11.6 Å². The smallest absolute Gasteiger partial charge is 0.307 e. The minimum absolute atomic E-state index is 0.0765. The van der Waals surface area contributed by atoms with E-state index in [2.05, 4.69) is 6.58 Å². The van der Waals surface area contributed by atoms with Gasteiger partial charge in [-0.2, -0.15) is 0 Å². The number of esters is 1. The highest BCUT2D eigenvalue weighted by Crippen LogP contribution is 2.35. The second-order valence-electron chi connectivity index (χ2n) is 6.58. The molecule has 0 saturated carbocycles. The molecular formula is C23H28FNO3. The van der Waals surface area contributed by atoms with Crippen LogP contribution in [0.1, 0.15) is 43.4 Å². The van der Waals surface area contributed by atoms with Crippen LogP contribution < -0.4 is 10.5 Å². The molecule has 5 heteroatoms. The second kappa shape index (κ2) is 10.6. The third kappa shape index (κ3) is 5.67. The van der Waals surface area contributed by atoms with Crippen LogP contribution >= 0.6 is 0 Å². The molecule has 0 aromatic heterocycles. The number of unbranched alkanes of at least 4 members (excludes halogenated alkanes) is 1. The lowest BCUT2D eigenvalue weighted by Crippen LogP contribution is -2.18. The molecule has 2 aromatic rings. The summed E-state index contributed by atoms with van der Waals surface area (Å²) in [4.78, 5) is 11.7. The molecule has 0 heterocycles. The average molecular weight is 385 g/mol. The number of aryl methyl sites for hydroxylation is 1. The number of hydrogen-bond donors (Lipinski definition) is 1. The molecule has 0 spiro atoms. The Labute approximate surface area is 166 Å². The van der Waals surface area contributed by atoms with Gasteiger partial charge in [0.15, 0.2) is 0 Å². The van der Waals surface area contributed by atoms with Crippen molar-refractivity contribution in [3.05, 3.63) is 66.0 Å². The molecule has 0 amide bonds. The third-order valence-corrected chi connectivity index (χ3v) is 4.42. The predicted octanol–water partition coefficient (Wildman–Crippen LogP) is 5.10. The minimum atomic E-state index is -0.778. The number of nitrogens with two attached hydrogens (primary N) is 1. The molecule has 150 valence electrons. The summed E-state index contributed by atoms with van der Waals surface area (Å²) in [6.45, 7) is 8.25. The number of ether oxygens (including phenoxy) is 2. The molecule has 2 aromatic carbocycles. The van der Waals surface area contributed by atoms with Crippen molar-refractivity contribution in [3.63, 3.8) is 0 Å². The van der Waals surface area contributed by atoms with Crippen molar-refractivity contribution in [1.82, 2.24) is 0 Å². The van der Waals surface area contributed by atoms with Crippen LogP contribution in [0.4, 0.5) is 4.39 Å². The zero-order valence-corrected chi connectivity index (χ0v) is 16.5. The summed E-state index contributed by atoms with van der Waals surface area (Å²) in [5.41, 5.74) is 9.07. The largest absolute Gasteiger partial charge is 0.493 e. The maximum Gasteiger partial charge on any atom is 0.307 e. The van der Waals surface area contributed by atoms with Gasteiger partial charge in [0.2, 0.25) is 0 Å². The normalized spacial score (nSPS) is 11.7. The number of hydrogen-bond acceptors (Lipinski definition) is 4. The lowest BCUT2D eigenvalue weighted by atomic mass is 9.94. The Hall–Kier alpha value is -2.66. The number of rotatable bonds is 10. The molecule has 0 fully saturated rings. The van der Waals surface area contributed by atoms with Crippen LogP contribution in [0, 0.1) is 12.7 Å². The van der Waals surface area contributed by atoms with E-state index in [4.69, 9.17) is 15.2 Å². The molecule has 0 aliphatic heterocycles. The third-order valence-electron chi connectivity index (χ3n) is 4.42. The van der Waals surface area contributed by atoms with Crippen LogP contribution in [0.3, 0.4) is 0 Å². The SMILES string of the molecule is C=CCCCOc1cccc(C)c1-c1ccc(F)c([C@@H](N)CC(=O)OCC)c1. The first kappa shape index (κ1) is 21.6. The summed E-state index contributed by atoms with van der Waals surface area (Å²) < 4.78 is 25.3.